The van der Waals surface area contributed by atoms with Crippen molar-refractivity contribution in [3.05, 3.63) is 11.8 Å². The molecule has 0 spiro atoms. The van der Waals surface area contributed by atoms with E-state index < -0.39 is 0 Å². The molecule has 0 aromatic heterocycles. The van der Waals surface area contributed by atoms with E-state index in [1.165, 1.54) is 0 Å². The summed E-state index contributed by atoms with van der Waals surface area (Å²) in [5, 5.41) is 4.49. The van der Waals surface area contributed by atoms with Crippen molar-refractivity contribution in [1.82, 2.24) is 0 Å². The summed E-state index contributed by atoms with van der Waals surface area (Å²) >= 11 is 0. The number of ether oxygens (including phenoxy) is 5. The lowest BCUT2D eigenvalue weighted by atomic mass is 10.2. The lowest BCUT2D eigenvalue weighted by Gasteiger charge is -2.10. The number of azo groups is 2. The second-order valence-electron chi connectivity index (χ2n) is 5.98. The summed E-state index contributed by atoms with van der Waals surface area (Å²) in [6.07, 6.45) is 3.28. The topological polar surface area (TPSA) is 61.5 Å². The van der Waals surface area contributed by atoms with Crippen LogP contribution in [0.2, 0.25) is 0 Å². The van der Waals surface area contributed by atoms with Crippen molar-refractivity contribution in [3.63, 3.8) is 0 Å². The summed E-state index contributed by atoms with van der Waals surface area (Å²) < 4.78 is 28.9. The van der Waals surface area contributed by atoms with Crippen molar-refractivity contribution >= 4 is 0 Å². The highest BCUT2D eigenvalue weighted by molar-refractivity contribution is 5.05. The first kappa shape index (κ1) is 21.2. The third-order valence-electron chi connectivity index (χ3n) is 3.84. The highest BCUT2D eigenvalue weighted by atomic mass is 16.5. The van der Waals surface area contributed by atoms with Gasteiger partial charge in [-0.15, -0.1) is 4.70 Å². The molecule has 140 valence electrons. The molecule has 0 aromatic carbocycles. The van der Waals surface area contributed by atoms with E-state index in [-0.39, 0.29) is 18.2 Å². The number of nitrogens with zero attached hydrogens (tertiary/aromatic N) is 2. The van der Waals surface area contributed by atoms with Crippen molar-refractivity contribution in [2.75, 3.05) is 60.9 Å². The molecular formula is C17H33N2O5+. The summed E-state index contributed by atoms with van der Waals surface area (Å²) in [7, 11) is 5.34. The number of hydrogen-bond donors (Lipinski definition) is 0. The molecule has 7 nitrogen and oxygen atoms in total. The summed E-state index contributed by atoms with van der Waals surface area (Å²) in [5.41, 5.74) is 0.956. The SMILES string of the molecule is COC(C)COCCOCC1=CC(CCOCC(C)OC)[N+](C)=N1. The summed E-state index contributed by atoms with van der Waals surface area (Å²) in [4.78, 5) is 0. The normalized spacial score (nSPS) is 20.0. The molecule has 1 heterocycles. The Bertz CT molecular complexity index is 400. The maximum Gasteiger partial charge on any atom is 0.201 e. The Morgan fingerprint density at radius 1 is 1.00 bits per heavy atom. The van der Waals surface area contributed by atoms with Gasteiger partial charge in [0.2, 0.25) is 6.04 Å². The van der Waals surface area contributed by atoms with Crippen molar-refractivity contribution in [2.45, 2.75) is 38.5 Å². The fraction of sp³-hybridized carbons (Fsp3) is 0.882. The van der Waals surface area contributed by atoms with Crippen LogP contribution >= 0.6 is 0 Å². The molecule has 0 fully saturated rings. The monoisotopic (exact) mass is 345 g/mol. The molecule has 1 aliphatic heterocycles. The van der Waals surface area contributed by atoms with E-state index in [0.717, 1.165) is 12.1 Å². The van der Waals surface area contributed by atoms with E-state index in [4.69, 9.17) is 23.7 Å². The van der Waals surface area contributed by atoms with Gasteiger partial charge in [0.15, 0.2) is 7.05 Å². The third-order valence-corrected chi connectivity index (χ3v) is 3.84. The second-order valence-corrected chi connectivity index (χ2v) is 5.98. The van der Waals surface area contributed by atoms with E-state index in [1.54, 1.807) is 14.2 Å². The van der Waals surface area contributed by atoms with Gasteiger partial charge < -0.3 is 23.7 Å². The third kappa shape index (κ3) is 8.84. The van der Waals surface area contributed by atoms with Crippen LogP contribution in [0.15, 0.2) is 16.9 Å². The first-order valence-electron chi connectivity index (χ1n) is 8.50. The van der Waals surface area contributed by atoms with Gasteiger partial charge in [-0.05, 0) is 19.0 Å². The molecule has 1 rings (SSSR count). The Hall–Kier alpha value is -0.860. The van der Waals surface area contributed by atoms with Gasteiger partial charge in [-0.25, -0.2) is 0 Å². The summed E-state index contributed by atoms with van der Waals surface area (Å²) in [6.45, 7) is 7.47. The standard InChI is InChI=1S/C17H33N2O5/c1-14(20-4)11-22-7-6-17-10-16(18-19(17)3)13-24-9-8-23-12-15(2)21-5/h10,14-15,17H,6-9,11-13H2,1-5H3/q+1. The molecular weight excluding hydrogens is 312 g/mol. The maximum absolute atomic E-state index is 5.61. The van der Waals surface area contributed by atoms with Gasteiger partial charge in [-0.3, -0.25) is 0 Å². The van der Waals surface area contributed by atoms with Crippen LogP contribution in [0.5, 0.6) is 0 Å². The fourth-order valence-electron chi connectivity index (χ4n) is 2.12. The first-order chi connectivity index (χ1) is 11.6. The predicted octanol–water partition coefficient (Wildman–Crippen LogP) is 1.86. The van der Waals surface area contributed by atoms with Crippen molar-refractivity contribution in [3.8, 4) is 0 Å². The molecule has 0 N–H and O–H groups in total. The van der Waals surface area contributed by atoms with Gasteiger partial charge >= 0.3 is 0 Å². The van der Waals surface area contributed by atoms with E-state index in [9.17, 15) is 0 Å². The van der Waals surface area contributed by atoms with Crippen molar-refractivity contribution < 1.29 is 28.4 Å². The van der Waals surface area contributed by atoms with Crippen molar-refractivity contribution in [1.29, 1.82) is 0 Å². The van der Waals surface area contributed by atoms with Crippen LogP contribution in [0, 0.1) is 0 Å². The zero-order valence-corrected chi connectivity index (χ0v) is 15.7. The van der Waals surface area contributed by atoms with Gasteiger partial charge in [0, 0.05) is 26.7 Å². The van der Waals surface area contributed by atoms with E-state index >= 15 is 0 Å². The van der Waals surface area contributed by atoms with E-state index in [1.807, 2.05) is 25.6 Å². The zero-order chi connectivity index (χ0) is 17.8. The number of likely N-dealkylation sites (N-methyl/N-ethyl adjacent to an activating group) is 1. The molecule has 24 heavy (non-hydrogen) atoms. The molecule has 3 unspecified atom stereocenters. The minimum atomic E-state index is 0.112. The Kier molecular flexibility index (Phi) is 11.0. The van der Waals surface area contributed by atoms with E-state index in [0.29, 0.717) is 39.6 Å². The largest absolute Gasteiger partial charge is 0.379 e. The van der Waals surface area contributed by atoms with Gasteiger partial charge in [0.25, 0.3) is 0 Å². The first-order valence-corrected chi connectivity index (χ1v) is 8.50. The van der Waals surface area contributed by atoms with Crippen LogP contribution in [0.25, 0.3) is 0 Å². The minimum absolute atomic E-state index is 0.112. The van der Waals surface area contributed by atoms with Crippen LogP contribution in [-0.4, -0.2) is 83.9 Å². The molecule has 7 heteroatoms. The lowest BCUT2D eigenvalue weighted by molar-refractivity contribution is -0.584. The summed E-state index contributed by atoms with van der Waals surface area (Å²) in [6, 6.07) is 0.264. The van der Waals surface area contributed by atoms with Crippen molar-refractivity contribution in [2.24, 2.45) is 5.11 Å². The zero-order valence-electron chi connectivity index (χ0n) is 15.7. The quantitative estimate of drug-likeness (QED) is 0.355. The van der Waals surface area contributed by atoms with Gasteiger partial charge in [0.1, 0.15) is 5.70 Å². The Labute approximate surface area is 145 Å². The molecule has 0 aliphatic carbocycles. The fourth-order valence-corrected chi connectivity index (χ4v) is 2.12. The number of methoxy groups -OCH3 is 2. The molecule has 0 bridgehead atoms. The molecule has 0 aromatic rings. The number of hydrogen-bond acceptors (Lipinski definition) is 6. The molecule has 0 saturated heterocycles. The van der Waals surface area contributed by atoms with Crippen LogP contribution < -0.4 is 0 Å². The Morgan fingerprint density at radius 2 is 1.58 bits per heavy atom. The van der Waals surface area contributed by atoms with Crippen LogP contribution in [0.3, 0.4) is 0 Å². The van der Waals surface area contributed by atoms with Crippen LogP contribution in [-0.2, 0) is 23.7 Å². The van der Waals surface area contributed by atoms with Gasteiger partial charge in [0.05, 0.1) is 51.8 Å². The molecule has 3 atom stereocenters. The average molecular weight is 345 g/mol. The highest BCUT2D eigenvalue weighted by Gasteiger charge is 2.24. The predicted molar refractivity (Wildman–Crippen MR) is 90.5 cm³/mol. The Morgan fingerprint density at radius 3 is 2.21 bits per heavy atom. The maximum atomic E-state index is 5.61. The van der Waals surface area contributed by atoms with E-state index in [2.05, 4.69) is 11.2 Å². The Balaban J connectivity index is 2.12. The lowest BCUT2D eigenvalue weighted by Crippen LogP contribution is -2.20. The second kappa shape index (κ2) is 12.5. The minimum Gasteiger partial charge on any atom is -0.379 e. The summed E-state index contributed by atoms with van der Waals surface area (Å²) in [5.74, 6) is 0. The molecule has 1 aliphatic rings. The number of rotatable bonds is 14. The van der Waals surface area contributed by atoms with Gasteiger partial charge in [-0.2, -0.15) is 0 Å². The van der Waals surface area contributed by atoms with Gasteiger partial charge in [-0.1, -0.05) is 0 Å². The molecule has 0 saturated carbocycles. The van der Waals surface area contributed by atoms with Crippen LogP contribution in [0.1, 0.15) is 20.3 Å². The molecule has 0 amide bonds. The molecule has 0 radical (unpaired) electrons. The smallest absolute Gasteiger partial charge is 0.201 e. The highest BCUT2D eigenvalue weighted by Crippen LogP contribution is 2.14. The van der Waals surface area contributed by atoms with Crippen LogP contribution in [0.4, 0.5) is 0 Å². The average Bonchev–Trinajstić information content (AvgIpc) is 2.93.